The Labute approximate surface area is 262 Å². The van der Waals surface area contributed by atoms with Gasteiger partial charge in [0.1, 0.15) is 11.3 Å². The average molecular weight is 598 g/mol. The molecule has 3 aromatic heterocycles. The first-order chi connectivity index (χ1) is 21.9. The van der Waals surface area contributed by atoms with Crippen LogP contribution in [0.3, 0.4) is 0 Å². The molecule has 5 aromatic rings. The van der Waals surface area contributed by atoms with E-state index in [0.29, 0.717) is 29.4 Å². The van der Waals surface area contributed by atoms with E-state index in [4.69, 9.17) is 21.4 Å². The van der Waals surface area contributed by atoms with Gasteiger partial charge in [-0.1, -0.05) is 24.3 Å². The first-order valence-electron chi connectivity index (χ1n) is 16.4. The van der Waals surface area contributed by atoms with Crippen LogP contribution in [-0.2, 0) is 5.54 Å². The molecule has 6 N–H and O–H groups in total. The Morgan fingerprint density at radius 2 is 1.69 bits per heavy atom. The lowest BCUT2D eigenvalue weighted by molar-refractivity contribution is -0.133. The number of pyridine rings is 2. The van der Waals surface area contributed by atoms with Crippen molar-refractivity contribution < 1.29 is 5.11 Å². The lowest BCUT2D eigenvalue weighted by Crippen LogP contribution is -2.63. The number of nitrogens with zero attached hydrogens (tertiary/aromatic N) is 4. The van der Waals surface area contributed by atoms with E-state index in [-0.39, 0.29) is 11.6 Å². The van der Waals surface area contributed by atoms with Crippen LogP contribution in [0.2, 0.25) is 0 Å². The fraction of sp³-hybridized carbons (Fsp3) is 0.378. The van der Waals surface area contributed by atoms with Crippen molar-refractivity contribution in [3.8, 4) is 28.3 Å². The van der Waals surface area contributed by atoms with Crippen molar-refractivity contribution >= 4 is 22.7 Å². The first-order valence-corrected chi connectivity index (χ1v) is 16.4. The van der Waals surface area contributed by atoms with Gasteiger partial charge in [-0.15, -0.1) is 0 Å². The van der Waals surface area contributed by atoms with Crippen molar-refractivity contribution in [2.75, 3.05) is 11.1 Å². The molecule has 0 spiro atoms. The molecule has 228 valence electrons. The highest BCUT2D eigenvalue weighted by Crippen LogP contribution is 2.56. The number of fused-ring (bicyclic) bond motifs is 1. The van der Waals surface area contributed by atoms with Crippen LogP contribution in [0.1, 0.15) is 56.9 Å². The van der Waals surface area contributed by atoms with Crippen LogP contribution in [0.5, 0.6) is 0 Å². The topological polar surface area (TPSA) is 128 Å². The standard InChI is InChI=1S/C37H39N7O/c38-33-29(6-2-15-40-33)34-43-31-12-11-30(42-35(31)44(34)28-9-7-26(8-10-28)36(39)13-3-14-36)24-4-1-5-27(19-24)41-32-25-17-22-16-23(18-25)21-37(32,45)20-22/h1-2,4-12,15,19,22-23,25,32,41,45H,3,13-14,16-18,20-21,39H2,(H2,38,40)/t22-,23?,25?,32?,37+/m0/s1. The van der Waals surface area contributed by atoms with Gasteiger partial charge in [-0.25, -0.2) is 15.0 Å². The maximum atomic E-state index is 11.7. The van der Waals surface area contributed by atoms with E-state index in [0.717, 1.165) is 70.6 Å². The third-order valence-electron chi connectivity index (χ3n) is 11.3. The van der Waals surface area contributed by atoms with Gasteiger partial charge < -0.3 is 21.9 Å². The summed E-state index contributed by atoms with van der Waals surface area (Å²) in [5.41, 5.74) is 19.5. The molecule has 5 fully saturated rings. The molecule has 5 aliphatic rings. The number of nitrogens with one attached hydrogen (secondary N) is 1. The SMILES string of the molecule is Nc1ncccc1-c1nc2ccc(-c3cccc(NC4C5CC6C[C@@H](C5)C[C@@]4(O)C6)c3)nc2n1-c1ccc(C2(N)CCC2)cc1. The second kappa shape index (κ2) is 9.86. The molecular formula is C37H39N7O. The van der Waals surface area contributed by atoms with Crippen LogP contribution in [0.25, 0.3) is 39.5 Å². The monoisotopic (exact) mass is 597 g/mol. The second-order valence-electron chi connectivity index (χ2n) is 14.2. The van der Waals surface area contributed by atoms with Crippen molar-refractivity contribution in [2.45, 2.75) is 68.5 Å². The molecule has 4 bridgehead atoms. The van der Waals surface area contributed by atoms with Gasteiger partial charge in [0.15, 0.2) is 11.5 Å². The van der Waals surface area contributed by atoms with Crippen LogP contribution >= 0.6 is 0 Å². The normalized spacial score (nSPS) is 27.9. The van der Waals surface area contributed by atoms with Gasteiger partial charge in [-0.05, 0) is 123 Å². The number of imidazole rings is 1. The molecule has 5 saturated carbocycles. The first kappa shape index (κ1) is 27.1. The molecule has 3 heterocycles. The highest BCUT2D eigenvalue weighted by molar-refractivity contribution is 5.84. The van der Waals surface area contributed by atoms with Crippen LogP contribution in [0, 0.1) is 17.8 Å². The third kappa shape index (κ3) is 4.37. The van der Waals surface area contributed by atoms with E-state index in [2.05, 4.69) is 63.4 Å². The second-order valence-corrected chi connectivity index (χ2v) is 14.2. The Morgan fingerprint density at radius 3 is 2.40 bits per heavy atom. The minimum Gasteiger partial charge on any atom is -0.388 e. The van der Waals surface area contributed by atoms with Gasteiger partial charge in [0.2, 0.25) is 0 Å². The van der Waals surface area contributed by atoms with Crippen LogP contribution in [0.4, 0.5) is 11.5 Å². The maximum absolute atomic E-state index is 11.7. The summed E-state index contributed by atoms with van der Waals surface area (Å²) in [6.07, 6.45) is 10.5. The number of aliphatic hydroxyl groups is 1. The summed E-state index contributed by atoms with van der Waals surface area (Å²) in [6, 6.07) is 24.9. The molecule has 0 saturated heterocycles. The van der Waals surface area contributed by atoms with Gasteiger partial charge in [-0.2, -0.15) is 0 Å². The summed E-state index contributed by atoms with van der Waals surface area (Å²) in [7, 11) is 0. The molecule has 45 heavy (non-hydrogen) atoms. The summed E-state index contributed by atoms with van der Waals surface area (Å²) in [4.78, 5) is 14.6. The molecule has 8 heteroatoms. The lowest BCUT2D eigenvalue weighted by Gasteiger charge is -2.59. The molecule has 0 amide bonds. The van der Waals surface area contributed by atoms with Gasteiger partial charge in [0, 0.05) is 28.7 Å². The predicted octanol–water partition coefficient (Wildman–Crippen LogP) is 6.42. The van der Waals surface area contributed by atoms with E-state index in [1.54, 1.807) is 6.20 Å². The Hall–Kier alpha value is -4.27. The summed E-state index contributed by atoms with van der Waals surface area (Å²) >= 11 is 0. The number of nitrogens with two attached hydrogens (primary N) is 2. The van der Waals surface area contributed by atoms with Crippen molar-refractivity contribution in [1.29, 1.82) is 0 Å². The minimum atomic E-state index is -0.601. The van der Waals surface area contributed by atoms with E-state index in [1.807, 2.05) is 24.3 Å². The fourth-order valence-corrected chi connectivity index (χ4v) is 9.14. The Kier molecular flexibility index (Phi) is 5.93. The van der Waals surface area contributed by atoms with Gasteiger partial charge in [0.05, 0.1) is 22.9 Å². The fourth-order valence-electron chi connectivity index (χ4n) is 9.14. The summed E-state index contributed by atoms with van der Waals surface area (Å²) in [6.45, 7) is 0. The summed E-state index contributed by atoms with van der Waals surface area (Å²) in [5.74, 6) is 3.04. The molecule has 8 nitrogen and oxygen atoms in total. The number of nitrogen functional groups attached to an aromatic ring is 1. The predicted molar refractivity (Wildman–Crippen MR) is 178 cm³/mol. The molecule has 0 radical (unpaired) electrons. The third-order valence-corrected chi connectivity index (χ3v) is 11.3. The smallest absolute Gasteiger partial charge is 0.165 e. The number of rotatable bonds is 6. The number of anilines is 2. The number of hydrogen-bond acceptors (Lipinski definition) is 7. The zero-order valence-electron chi connectivity index (χ0n) is 25.4. The van der Waals surface area contributed by atoms with E-state index in [9.17, 15) is 5.11 Å². The summed E-state index contributed by atoms with van der Waals surface area (Å²) in [5, 5.41) is 15.4. The maximum Gasteiger partial charge on any atom is 0.165 e. The van der Waals surface area contributed by atoms with Crippen LogP contribution in [0.15, 0.2) is 79.0 Å². The van der Waals surface area contributed by atoms with Crippen molar-refractivity contribution in [1.82, 2.24) is 19.5 Å². The molecule has 10 rings (SSSR count). The van der Waals surface area contributed by atoms with Crippen LogP contribution < -0.4 is 16.8 Å². The highest BCUT2D eigenvalue weighted by atomic mass is 16.3. The van der Waals surface area contributed by atoms with E-state index < -0.39 is 5.60 Å². The minimum absolute atomic E-state index is 0.0977. The zero-order valence-corrected chi connectivity index (χ0v) is 25.4. The van der Waals surface area contributed by atoms with Crippen molar-refractivity contribution in [2.24, 2.45) is 23.5 Å². The number of hydrogen-bond donors (Lipinski definition) is 4. The van der Waals surface area contributed by atoms with Gasteiger partial charge in [0.25, 0.3) is 0 Å². The van der Waals surface area contributed by atoms with Gasteiger partial charge in [-0.3, -0.25) is 4.57 Å². The highest BCUT2D eigenvalue weighted by Gasteiger charge is 2.56. The molecule has 5 aliphatic carbocycles. The van der Waals surface area contributed by atoms with E-state index in [1.165, 1.54) is 25.7 Å². The molecule has 2 aromatic carbocycles. The molecule has 0 aliphatic heterocycles. The number of benzene rings is 2. The van der Waals surface area contributed by atoms with Gasteiger partial charge >= 0.3 is 0 Å². The average Bonchev–Trinajstić information content (AvgIpc) is 3.40. The Bertz CT molecular complexity index is 1910. The van der Waals surface area contributed by atoms with Crippen molar-refractivity contribution in [3.05, 3.63) is 84.6 Å². The van der Waals surface area contributed by atoms with E-state index >= 15 is 0 Å². The Balaban J connectivity index is 1.11. The quantitative estimate of drug-likeness (QED) is 0.178. The molecule has 3 unspecified atom stereocenters. The largest absolute Gasteiger partial charge is 0.388 e. The lowest BCUT2D eigenvalue weighted by atomic mass is 9.52. The van der Waals surface area contributed by atoms with Crippen LogP contribution in [-0.4, -0.2) is 36.3 Å². The molecular weight excluding hydrogens is 558 g/mol. The Morgan fingerprint density at radius 1 is 0.889 bits per heavy atom. The zero-order chi connectivity index (χ0) is 30.3. The molecule has 5 atom stereocenters. The van der Waals surface area contributed by atoms with Crippen molar-refractivity contribution in [3.63, 3.8) is 0 Å². The number of aromatic nitrogens is 4. The summed E-state index contributed by atoms with van der Waals surface area (Å²) < 4.78 is 2.08.